The highest BCUT2D eigenvalue weighted by Crippen LogP contribution is 2.36. The summed E-state index contributed by atoms with van der Waals surface area (Å²) in [5, 5.41) is 3.70. The quantitative estimate of drug-likeness (QED) is 0.550. The topological polar surface area (TPSA) is 12.0 Å². The Balaban J connectivity index is 2.44. The van der Waals surface area contributed by atoms with Gasteiger partial charge in [0.05, 0.1) is 9.83 Å². The molecule has 1 aromatic heterocycles. The molecule has 1 atom stereocenters. The molecule has 0 aliphatic rings. The van der Waals surface area contributed by atoms with Gasteiger partial charge < -0.3 is 5.32 Å². The molecule has 1 unspecified atom stereocenters. The molecule has 2 rings (SSSR count). The van der Waals surface area contributed by atoms with Crippen molar-refractivity contribution in [3.63, 3.8) is 0 Å². The molecule has 0 saturated heterocycles. The maximum absolute atomic E-state index is 3.70. The number of hydrogen-bond donors (Lipinski definition) is 1. The molecule has 108 valence electrons. The molecule has 4 heteroatoms. The van der Waals surface area contributed by atoms with Gasteiger partial charge in [0.25, 0.3) is 0 Å². The van der Waals surface area contributed by atoms with Gasteiger partial charge in [-0.3, -0.25) is 0 Å². The summed E-state index contributed by atoms with van der Waals surface area (Å²) in [5.74, 6) is 0. The molecule has 0 bridgehead atoms. The molecule has 0 aliphatic heterocycles. The molecule has 0 saturated carbocycles. The van der Waals surface area contributed by atoms with Crippen molar-refractivity contribution in [3.8, 4) is 0 Å². The van der Waals surface area contributed by atoms with Crippen LogP contribution in [0.5, 0.6) is 0 Å². The number of hydrogen-bond acceptors (Lipinski definition) is 2. The van der Waals surface area contributed by atoms with Crippen molar-refractivity contribution < 1.29 is 0 Å². The van der Waals surface area contributed by atoms with Crippen LogP contribution in [-0.4, -0.2) is 6.54 Å². The third kappa shape index (κ3) is 3.64. The minimum atomic E-state index is 0.289. The Labute approximate surface area is 147 Å². The van der Waals surface area contributed by atoms with Crippen LogP contribution in [0, 0.1) is 17.4 Å². The lowest BCUT2D eigenvalue weighted by atomic mass is 10.0. The van der Waals surface area contributed by atoms with Crippen LogP contribution in [-0.2, 0) is 0 Å². The monoisotopic (exact) mass is 463 g/mol. The molecular weight excluding hydrogens is 445 g/mol. The van der Waals surface area contributed by atoms with E-state index in [-0.39, 0.29) is 6.04 Å². The third-order valence-electron chi connectivity index (χ3n) is 3.29. The number of halogens is 2. The maximum atomic E-state index is 3.70. The van der Waals surface area contributed by atoms with Gasteiger partial charge in [-0.1, -0.05) is 25.1 Å². The third-order valence-corrected chi connectivity index (χ3v) is 6.97. The fourth-order valence-corrected chi connectivity index (χ4v) is 4.51. The Morgan fingerprint density at radius 1 is 1.30 bits per heavy atom. The van der Waals surface area contributed by atoms with Gasteiger partial charge in [0.2, 0.25) is 0 Å². The number of nitrogens with one attached hydrogen (secondary N) is 1. The average molecular weight is 464 g/mol. The molecule has 20 heavy (non-hydrogen) atoms. The predicted octanol–water partition coefficient (Wildman–Crippen LogP) is 5.82. The number of aryl methyl sites for hydroxylation is 2. The zero-order valence-electron chi connectivity index (χ0n) is 12.0. The zero-order chi connectivity index (χ0) is 14.7. The highest BCUT2D eigenvalue weighted by Gasteiger charge is 2.19. The summed E-state index contributed by atoms with van der Waals surface area (Å²) >= 11 is 7.95. The molecule has 1 aromatic carbocycles. The van der Waals surface area contributed by atoms with Crippen LogP contribution in [0.15, 0.2) is 28.1 Å². The Hall–Kier alpha value is 0.0900. The Morgan fingerprint density at radius 2 is 2.05 bits per heavy atom. The molecule has 2 aromatic rings. The van der Waals surface area contributed by atoms with Gasteiger partial charge in [-0.15, -0.1) is 11.3 Å². The van der Waals surface area contributed by atoms with Gasteiger partial charge in [-0.25, -0.2) is 0 Å². The first-order chi connectivity index (χ1) is 9.54. The van der Waals surface area contributed by atoms with Gasteiger partial charge in [0, 0.05) is 8.45 Å². The van der Waals surface area contributed by atoms with E-state index in [2.05, 4.69) is 88.9 Å². The first kappa shape index (κ1) is 16.5. The van der Waals surface area contributed by atoms with Gasteiger partial charge in [0.15, 0.2) is 0 Å². The van der Waals surface area contributed by atoms with Crippen molar-refractivity contribution in [2.24, 2.45) is 0 Å². The average Bonchev–Trinajstić information content (AvgIpc) is 2.74. The number of thiophene rings is 1. The number of rotatable bonds is 5. The van der Waals surface area contributed by atoms with Crippen LogP contribution in [0.1, 0.15) is 41.0 Å². The summed E-state index contributed by atoms with van der Waals surface area (Å²) in [6.45, 7) is 7.57. The first-order valence-corrected chi connectivity index (χ1v) is 9.47. The highest BCUT2D eigenvalue weighted by molar-refractivity contribution is 14.1. The van der Waals surface area contributed by atoms with Crippen LogP contribution in [0.25, 0.3) is 0 Å². The summed E-state index contributed by atoms with van der Waals surface area (Å²) in [7, 11) is 0. The summed E-state index contributed by atoms with van der Waals surface area (Å²) in [6.07, 6.45) is 1.14. The molecule has 0 radical (unpaired) electrons. The highest BCUT2D eigenvalue weighted by atomic mass is 127. The Bertz CT molecular complexity index is 575. The second kappa shape index (κ2) is 7.38. The lowest BCUT2D eigenvalue weighted by molar-refractivity contribution is 0.603. The largest absolute Gasteiger partial charge is 0.306 e. The normalized spacial score (nSPS) is 12.7. The van der Waals surface area contributed by atoms with Crippen LogP contribution < -0.4 is 5.32 Å². The SMILES string of the molecule is CCCNC(c1cc(C)c(Br)s1)c1cccc(C)c1I. The molecular formula is C16H19BrINS. The van der Waals surface area contributed by atoms with E-state index in [1.165, 1.54) is 28.9 Å². The molecule has 1 N–H and O–H groups in total. The smallest absolute Gasteiger partial charge is 0.0731 e. The van der Waals surface area contributed by atoms with E-state index >= 15 is 0 Å². The van der Waals surface area contributed by atoms with Crippen molar-refractivity contribution in [1.82, 2.24) is 5.32 Å². The lowest BCUT2D eigenvalue weighted by Crippen LogP contribution is -2.23. The standard InChI is InChI=1S/C16H19BrINS/c1-4-8-19-15(13-9-11(3)16(17)20-13)12-7-5-6-10(2)14(12)18/h5-7,9,15,19H,4,8H2,1-3H3. The molecule has 0 spiro atoms. The van der Waals surface area contributed by atoms with Crippen molar-refractivity contribution >= 4 is 49.9 Å². The van der Waals surface area contributed by atoms with Crippen LogP contribution in [0.3, 0.4) is 0 Å². The second-order valence-electron chi connectivity index (χ2n) is 4.97. The number of benzene rings is 1. The summed E-state index contributed by atoms with van der Waals surface area (Å²) in [4.78, 5) is 1.38. The lowest BCUT2D eigenvalue weighted by Gasteiger charge is -2.20. The summed E-state index contributed by atoms with van der Waals surface area (Å²) in [6, 6.07) is 9.16. The predicted molar refractivity (Wildman–Crippen MR) is 101 cm³/mol. The minimum absolute atomic E-state index is 0.289. The second-order valence-corrected chi connectivity index (χ2v) is 8.45. The Morgan fingerprint density at radius 3 is 2.65 bits per heavy atom. The van der Waals surface area contributed by atoms with Gasteiger partial charge in [-0.05, 0) is 88.1 Å². The van der Waals surface area contributed by atoms with Crippen LogP contribution in [0.2, 0.25) is 0 Å². The van der Waals surface area contributed by atoms with E-state index in [4.69, 9.17) is 0 Å². The van der Waals surface area contributed by atoms with Gasteiger partial charge in [0.1, 0.15) is 0 Å². The van der Waals surface area contributed by atoms with E-state index in [9.17, 15) is 0 Å². The molecule has 0 fully saturated rings. The van der Waals surface area contributed by atoms with Crippen molar-refractivity contribution in [3.05, 3.63) is 53.2 Å². The summed E-state index contributed by atoms with van der Waals surface area (Å²) in [5.41, 5.74) is 4.04. The maximum Gasteiger partial charge on any atom is 0.0731 e. The van der Waals surface area contributed by atoms with Crippen molar-refractivity contribution in [2.75, 3.05) is 6.54 Å². The molecule has 1 heterocycles. The van der Waals surface area contributed by atoms with Crippen molar-refractivity contribution in [1.29, 1.82) is 0 Å². The molecule has 0 aliphatic carbocycles. The zero-order valence-corrected chi connectivity index (χ0v) is 16.5. The summed E-state index contributed by atoms with van der Waals surface area (Å²) < 4.78 is 2.60. The van der Waals surface area contributed by atoms with E-state index in [1.807, 2.05) is 11.3 Å². The van der Waals surface area contributed by atoms with Gasteiger partial charge >= 0.3 is 0 Å². The fraction of sp³-hybridized carbons (Fsp3) is 0.375. The molecule has 0 amide bonds. The van der Waals surface area contributed by atoms with Crippen molar-refractivity contribution in [2.45, 2.75) is 33.2 Å². The first-order valence-electron chi connectivity index (χ1n) is 6.78. The van der Waals surface area contributed by atoms with Crippen LogP contribution >= 0.6 is 49.9 Å². The fourth-order valence-electron chi connectivity index (χ4n) is 2.17. The molecule has 1 nitrogen and oxygen atoms in total. The Kier molecular flexibility index (Phi) is 6.08. The van der Waals surface area contributed by atoms with E-state index in [1.54, 1.807) is 0 Å². The van der Waals surface area contributed by atoms with E-state index in [0.29, 0.717) is 0 Å². The van der Waals surface area contributed by atoms with E-state index < -0.39 is 0 Å². The minimum Gasteiger partial charge on any atom is -0.306 e. The van der Waals surface area contributed by atoms with E-state index in [0.717, 1.165) is 13.0 Å². The van der Waals surface area contributed by atoms with Crippen LogP contribution in [0.4, 0.5) is 0 Å². The van der Waals surface area contributed by atoms with Gasteiger partial charge in [-0.2, -0.15) is 0 Å².